The predicted octanol–water partition coefficient (Wildman–Crippen LogP) is 4.21. The third-order valence-electron chi connectivity index (χ3n) is 2.61. The molecule has 0 saturated carbocycles. The lowest BCUT2D eigenvalue weighted by molar-refractivity contribution is -0.384. The fraction of sp³-hybridized carbons (Fsp3) is 0.143. The van der Waals surface area contributed by atoms with Crippen molar-refractivity contribution in [1.82, 2.24) is 0 Å². The van der Waals surface area contributed by atoms with Crippen LogP contribution < -0.4 is 4.74 Å². The van der Waals surface area contributed by atoms with Gasteiger partial charge in [-0.3, -0.25) is 10.1 Å². The standard InChI is InChI=1S/C14H11BrFNO3/c15-8-11-4-12(16)7-14(6-11)20-9-10-2-1-3-13(5-10)17(18)19/h1-7H,8-9H2. The number of hydrogen-bond acceptors (Lipinski definition) is 3. The molecule has 0 spiro atoms. The number of alkyl halides is 1. The van der Waals surface area contributed by atoms with Crippen LogP contribution in [0.4, 0.5) is 10.1 Å². The topological polar surface area (TPSA) is 52.4 Å². The van der Waals surface area contributed by atoms with Crippen molar-refractivity contribution in [2.45, 2.75) is 11.9 Å². The number of nitrogens with zero attached hydrogens (tertiary/aromatic N) is 1. The molecule has 0 aromatic heterocycles. The molecule has 0 heterocycles. The van der Waals surface area contributed by atoms with Crippen molar-refractivity contribution in [2.75, 3.05) is 0 Å². The molecule has 0 radical (unpaired) electrons. The highest BCUT2D eigenvalue weighted by molar-refractivity contribution is 9.08. The van der Waals surface area contributed by atoms with E-state index in [2.05, 4.69) is 15.9 Å². The average molecular weight is 340 g/mol. The van der Waals surface area contributed by atoms with Crippen LogP contribution in [0.25, 0.3) is 0 Å². The normalized spacial score (nSPS) is 10.3. The summed E-state index contributed by atoms with van der Waals surface area (Å²) in [4.78, 5) is 10.2. The maximum Gasteiger partial charge on any atom is 0.269 e. The first-order chi connectivity index (χ1) is 9.58. The first kappa shape index (κ1) is 14.5. The Labute approximate surface area is 123 Å². The largest absolute Gasteiger partial charge is 0.489 e. The lowest BCUT2D eigenvalue weighted by Gasteiger charge is -2.08. The molecule has 0 N–H and O–H groups in total. The second-order valence-electron chi connectivity index (χ2n) is 4.14. The second kappa shape index (κ2) is 6.47. The van der Waals surface area contributed by atoms with Crippen molar-refractivity contribution in [3.63, 3.8) is 0 Å². The Kier molecular flexibility index (Phi) is 4.68. The lowest BCUT2D eigenvalue weighted by atomic mass is 10.2. The molecule has 2 aromatic carbocycles. The van der Waals surface area contributed by atoms with Gasteiger partial charge < -0.3 is 4.74 Å². The molecule has 0 aliphatic carbocycles. The van der Waals surface area contributed by atoms with Gasteiger partial charge in [-0.05, 0) is 23.3 Å². The molecule has 4 nitrogen and oxygen atoms in total. The van der Waals surface area contributed by atoms with E-state index in [0.29, 0.717) is 16.6 Å². The molecule has 2 rings (SSSR count). The Morgan fingerprint density at radius 2 is 2.00 bits per heavy atom. The molecule has 0 atom stereocenters. The van der Waals surface area contributed by atoms with E-state index in [9.17, 15) is 14.5 Å². The van der Waals surface area contributed by atoms with Gasteiger partial charge in [0.25, 0.3) is 5.69 Å². The van der Waals surface area contributed by atoms with Crippen LogP contribution in [-0.2, 0) is 11.9 Å². The Bertz CT molecular complexity index is 634. The van der Waals surface area contributed by atoms with Crippen molar-refractivity contribution in [2.24, 2.45) is 0 Å². The van der Waals surface area contributed by atoms with E-state index in [0.717, 1.165) is 5.56 Å². The zero-order valence-corrected chi connectivity index (χ0v) is 12.0. The van der Waals surface area contributed by atoms with Crippen LogP contribution in [0.2, 0.25) is 0 Å². The molecule has 0 amide bonds. The van der Waals surface area contributed by atoms with Gasteiger partial charge in [0.2, 0.25) is 0 Å². The molecule has 20 heavy (non-hydrogen) atoms. The van der Waals surface area contributed by atoms with E-state index < -0.39 is 4.92 Å². The lowest BCUT2D eigenvalue weighted by Crippen LogP contribution is -1.98. The van der Waals surface area contributed by atoms with E-state index in [1.165, 1.54) is 24.3 Å². The minimum Gasteiger partial charge on any atom is -0.489 e. The average Bonchev–Trinajstić information content (AvgIpc) is 2.44. The van der Waals surface area contributed by atoms with Crippen LogP contribution in [-0.4, -0.2) is 4.92 Å². The third kappa shape index (κ3) is 3.77. The summed E-state index contributed by atoms with van der Waals surface area (Å²) in [5.41, 5.74) is 1.43. The molecule has 0 fully saturated rings. The van der Waals surface area contributed by atoms with Gasteiger partial charge in [0, 0.05) is 23.5 Å². The summed E-state index contributed by atoms with van der Waals surface area (Å²) in [6.07, 6.45) is 0. The zero-order chi connectivity index (χ0) is 14.5. The number of nitro benzene ring substituents is 1. The van der Waals surface area contributed by atoms with Gasteiger partial charge in [-0.2, -0.15) is 0 Å². The number of hydrogen-bond donors (Lipinski definition) is 0. The Balaban J connectivity index is 2.10. The Morgan fingerprint density at radius 1 is 1.20 bits per heavy atom. The number of benzene rings is 2. The number of halogens is 2. The van der Waals surface area contributed by atoms with Gasteiger partial charge >= 0.3 is 0 Å². The molecule has 0 saturated heterocycles. The van der Waals surface area contributed by atoms with Crippen molar-refractivity contribution in [3.8, 4) is 5.75 Å². The number of rotatable bonds is 5. The number of non-ortho nitro benzene ring substituents is 1. The summed E-state index contributed by atoms with van der Waals surface area (Å²) in [5.74, 6) is 0.0157. The van der Waals surface area contributed by atoms with Gasteiger partial charge in [-0.1, -0.05) is 28.1 Å². The predicted molar refractivity (Wildman–Crippen MR) is 76.5 cm³/mol. The van der Waals surface area contributed by atoms with Crippen LogP contribution in [0.15, 0.2) is 42.5 Å². The van der Waals surface area contributed by atoms with Gasteiger partial charge in [-0.15, -0.1) is 0 Å². The molecular weight excluding hydrogens is 329 g/mol. The van der Waals surface area contributed by atoms with Crippen LogP contribution >= 0.6 is 15.9 Å². The fourth-order valence-corrected chi connectivity index (χ4v) is 2.03. The SMILES string of the molecule is O=[N+]([O-])c1cccc(COc2cc(F)cc(CBr)c2)c1. The molecule has 2 aromatic rings. The van der Waals surface area contributed by atoms with Crippen LogP contribution in [0, 0.1) is 15.9 Å². The monoisotopic (exact) mass is 339 g/mol. The Morgan fingerprint density at radius 3 is 2.70 bits per heavy atom. The van der Waals surface area contributed by atoms with E-state index in [4.69, 9.17) is 4.74 Å². The second-order valence-corrected chi connectivity index (χ2v) is 4.71. The van der Waals surface area contributed by atoms with E-state index in [1.54, 1.807) is 18.2 Å². The van der Waals surface area contributed by atoms with Crippen molar-refractivity contribution in [1.29, 1.82) is 0 Å². The third-order valence-corrected chi connectivity index (χ3v) is 3.26. The molecular formula is C14H11BrFNO3. The molecule has 0 bridgehead atoms. The van der Waals surface area contributed by atoms with Gasteiger partial charge in [0.15, 0.2) is 0 Å². The zero-order valence-electron chi connectivity index (χ0n) is 10.4. The minimum atomic E-state index is -0.464. The maximum absolute atomic E-state index is 13.3. The van der Waals surface area contributed by atoms with Crippen LogP contribution in [0.3, 0.4) is 0 Å². The molecule has 0 aliphatic rings. The summed E-state index contributed by atoms with van der Waals surface area (Å²) in [5, 5.41) is 11.2. The fourth-order valence-electron chi connectivity index (χ4n) is 1.71. The summed E-state index contributed by atoms with van der Waals surface area (Å²) in [6.45, 7) is 0.146. The molecule has 104 valence electrons. The quantitative estimate of drug-likeness (QED) is 0.465. The summed E-state index contributed by atoms with van der Waals surface area (Å²) in [7, 11) is 0. The summed E-state index contributed by atoms with van der Waals surface area (Å²) >= 11 is 3.25. The molecule has 0 aliphatic heterocycles. The van der Waals surface area contributed by atoms with Crippen molar-refractivity contribution >= 4 is 21.6 Å². The van der Waals surface area contributed by atoms with Crippen LogP contribution in [0.1, 0.15) is 11.1 Å². The minimum absolute atomic E-state index is 0.00601. The van der Waals surface area contributed by atoms with Crippen molar-refractivity contribution < 1.29 is 14.1 Å². The first-order valence-electron chi connectivity index (χ1n) is 5.80. The van der Waals surface area contributed by atoms with Gasteiger partial charge in [0.05, 0.1) is 4.92 Å². The summed E-state index contributed by atoms with van der Waals surface area (Å²) in [6, 6.07) is 10.6. The molecule has 6 heteroatoms. The maximum atomic E-state index is 13.3. The smallest absolute Gasteiger partial charge is 0.269 e. The first-order valence-corrected chi connectivity index (χ1v) is 6.92. The van der Waals surface area contributed by atoms with E-state index in [-0.39, 0.29) is 18.1 Å². The highest BCUT2D eigenvalue weighted by Gasteiger charge is 2.07. The van der Waals surface area contributed by atoms with E-state index >= 15 is 0 Å². The number of nitro groups is 1. The highest BCUT2D eigenvalue weighted by atomic mass is 79.9. The van der Waals surface area contributed by atoms with Gasteiger partial charge in [-0.25, -0.2) is 4.39 Å². The van der Waals surface area contributed by atoms with E-state index in [1.807, 2.05) is 0 Å². The Hall–Kier alpha value is -1.95. The van der Waals surface area contributed by atoms with Crippen molar-refractivity contribution in [3.05, 3.63) is 69.5 Å². The van der Waals surface area contributed by atoms with Crippen LogP contribution in [0.5, 0.6) is 5.75 Å². The highest BCUT2D eigenvalue weighted by Crippen LogP contribution is 2.20. The van der Waals surface area contributed by atoms with Gasteiger partial charge in [0.1, 0.15) is 18.2 Å². The number of ether oxygens (including phenoxy) is 1. The summed E-state index contributed by atoms with van der Waals surface area (Å²) < 4.78 is 18.8. The molecule has 0 unspecified atom stereocenters.